The van der Waals surface area contributed by atoms with Crippen molar-refractivity contribution in [3.63, 3.8) is 0 Å². The van der Waals surface area contributed by atoms with Crippen molar-refractivity contribution in [2.75, 3.05) is 33.3 Å². The van der Waals surface area contributed by atoms with Gasteiger partial charge in [-0.25, -0.2) is 0 Å². The van der Waals surface area contributed by atoms with Crippen LogP contribution < -0.4 is 5.32 Å². The fraction of sp³-hybridized carbons (Fsp3) is 0.900. The molecule has 0 bridgehead atoms. The molecule has 0 aliphatic carbocycles. The normalized spacial score (nSPS) is 24.6. The van der Waals surface area contributed by atoms with E-state index in [0.717, 1.165) is 26.2 Å². The van der Waals surface area contributed by atoms with Crippen molar-refractivity contribution in [3.05, 3.63) is 0 Å². The molecule has 80 valence electrons. The number of hydrogen-bond donors (Lipinski definition) is 1. The predicted octanol–water partition coefficient (Wildman–Crippen LogP) is 0.209. The van der Waals surface area contributed by atoms with Crippen LogP contribution in [0.5, 0.6) is 0 Å². The van der Waals surface area contributed by atoms with Gasteiger partial charge in [0.05, 0.1) is 11.7 Å². The molecule has 1 fully saturated rings. The summed E-state index contributed by atoms with van der Waals surface area (Å²) in [5.74, 6) is 0. The molecule has 0 aromatic heterocycles. The molecule has 14 heavy (non-hydrogen) atoms. The maximum Gasteiger partial charge on any atom is 0.110 e. The summed E-state index contributed by atoms with van der Waals surface area (Å²) >= 11 is 0. The summed E-state index contributed by atoms with van der Waals surface area (Å²) in [4.78, 5) is 2.18. The van der Waals surface area contributed by atoms with Crippen molar-refractivity contribution in [1.82, 2.24) is 10.2 Å². The van der Waals surface area contributed by atoms with Gasteiger partial charge in [-0.05, 0) is 13.8 Å². The molecule has 1 atom stereocenters. The van der Waals surface area contributed by atoms with Gasteiger partial charge in [-0.1, -0.05) is 0 Å². The van der Waals surface area contributed by atoms with Gasteiger partial charge in [-0.3, -0.25) is 4.90 Å². The van der Waals surface area contributed by atoms with Crippen LogP contribution >= 0.6 is 0 Å². The summed E-state index contributed by atoms with van der Waals surface area (Å²) in [5.41, 5.74) is -0.174. The van der Waals surface area contributed by atoms with Crippen LogP contribution in [0.15, 0.2) is 0 Å². The third kappa shape index (κ3) is 2.95. The Labute approximate surface area is 85.8 Å². The lowest BCUT2D eigenvalue weighted by atomic mass is 10.1. The van der Waals surface area contributed by atoms with Gasteiger partial charge < -0.3 is 10.1 Å². The average Bonchev–Trinajstić information content (AvgIpc) is 2.18. The van der Waals surface area contributed by atoms with E-state index in [1.807, 2.05) is 13.8 Å². The molecule has 0 spiro atoms. The minimum atomic E-state index is -0.174. The Hall–Kier alpha value is -0.630. The zero-order valence-electron chi connectivity index (χ0n) is 9.21. The molecule has 4 nitrogen and oxygen atoms in total. The second-order valence-corrected chi connectivity index (χ2v) is 4.28. The molecule has 1 unspecified atom stereocenters. The Morgan fingerprint density at radius 1 is 1.64 bits per heavy atom. The standard InChI is InChI=1S/C10H19N3O/c1-10(2,14-3)8-13-5-4-12-7-9(13)6-11/h9,12H,4-5,7-8H2,1-3H3. The van der Waals surface area contributed by atoms with E-state index in [4.69, 9.17) is 10.00 Å². The zero-order valence-corrected chi connectivity index (χ0v) is 9.21. The first kappa shape index (κ1) is 11.4. The molecule has 0 radical (unpaired) electrons. The van der Waals surface area contributed by atoms with Crippen LogP contribution in [0.2, 0.25) is 0 Å². The number of nitrogens with zero attached hydrogens (tertiary/aromatic N) is 2. The minimum absolute atomic E-state index is 0.0156. The second-order valence-electron chi connectivity index (χ2n) is 4.28. The summed E-state index contributed by atoms with van der Waals surface area (Å²) in [7, 11) is 1.71. The second kappa shape index (κ2) is 4.74. The zero-order chi connectivity index (χ0) is 10.6. The van der Waals surface area contributed by atoms with Crippen LogP contribution in [0.3, 0.4) is 0 Å². The van der Waals surface area contributed by atoms with E-state index in [9.17, 15) is 0 Å². The third-order valence-corrected chi connectivity index (χ3v) is 2.64. The number of hydrogen-bond acceptors (Lipinski definition) is 4. The summed E-state index contributed by atoms with van der Waals surface area (Å²) in [6.07, 6.45) is 0. The van der Waals surface area contributed by atoms with Crippen LogP contribution in [-0.2, 0) is 4.74 Å². The number of piperazine rings is 1. The summed E-state index contributed by atoms with van der Waals surface area (Å²) < 4.78 is 5.36. The highest BCUT2D eigenvalue weighted by Crippen LogP contribution is 2.13. The van der Waals surface area contributed by atoms with E-state index >= 15 is 0 Å². The van der Waals surface area contributed by atoms with Gasteiger partial charge in [-0.15, -0.1) is 0 Å². The molecule has 0 aromatic carbocycles. The van der Waals surface area contributed by atoms with Crippen molar-refractivity contribution in [2.45, 2.75) is 25.5 Å². The van der Waals surface area contributed by atoms with Crippen LogP contribution in [-0.4, -0.2) is 49.8 Å². The minimum Gasteiger partial charge on any atom is -0.377 e. The Morgan fingerprint density at radius 2 is 2.36 bits per heavy atom. The molecule has 1 heterocycles. The first-order chi connectivity index (χ1) is 6.59. The van der Waals surface area contributed by atoms with Gasteiger partial charge >= 0.3 is 0 Å². The topological polar surface area (TPSA) is 48.3 Å². The monoisotopic (exact) mass is 197 g/mol. The van der Waals surface area contributed by atoms with Gasteiger partial charge in [0, 0.05) is 33.3 Å². The summed E-state index contributed by atoms with van der Waals surface area (Å²) in [5, 5.41) is 12.2. The van der Waals surface area contributed by atoms with Crippen molar-refractivity contribution in [2.24, 2.45) is 0 Å². The van der Waals surface area contributed by atoms with Crippen LogP contribution in [0.25, 0.3) is 0 Å². The lowest BCUT2D eigenvalue weighted by Crippen LogP contribution is -2.54. The molecular formula is C10H19N3O. The molecule has 0 saturated carbocycles. The summed E-state index contributed by atoms with van der Waals surface area (Å²) in [6.45, 7) is 7.54. The van der Waals surface area contributed by atoms with E-state index in [1.165, 1.54) is 0 Å². The average molecular weight is 197 g/mol. The number of ether oxygens (including phenoxy) is 1. The Balaban J connectivity index is 2.53. The number of rotatable bonds is 3. The molecule has 0 aromatic rings. The van der Waals surface area contributed by atoms with Gasteiger partial charge in [0.15, 0.2) is 0 Å². The molecule has 1 saturated heterocycles. The molecule has 1 N–H and O–H groups in total. The number of nitrogens with one attached hydrogen (secondary N) is 1. The first-order valence-corrected chi connectivity index (χ1v) is 4.98. The highest BCUT2D eigenvalue weighted by atomic mass is 16.5. The molecule has 0 amide bonds. The van der Waals surface area contributed by atoms with E-state index in [1.54, 1.807) is 7.11 Å². The number of methoxy groups -OCH3 is 1. The quantitative estimate of drug-likeness (QED) is 0.702. The first-order valence-electron chi connectivity index (χ1n) is 4.98. The largest absolute Gasteiger partial charge is 0.377 e. The maximum absolute atomic E-state index is 8.96. The van der Waals surface area contributed by atoms with Crippen molar-refractivity contribution >= 4 is 0 Å². The highest BCUT2D eigenvalue weighted by molar-refractivity contribution is 4.97. The van der Waals surface area contributed by atoms with E-state index in [0.29, 0.717) is 0 Å². The van der Waals surface area contributed by atoms with E-state index < -0.39 is 0 Å². The van der Waals surface area contributed by atoms with Gasteiger partial charge in [0.25, 0.3) is 0 Å². The van der Waals surface area contributed by atoms with Crippen molar-refractivity contribution in [1.29, 1.82) is 5.26 Å². The van der Waals surface area contributed by atoms with Crippen molar-refractivity contribution in [3.8, 4) is 6.07 Å². The fourth-order valence-corrected chi connectivity index (χ4v) is 1.62. The smallest absolute Gasteiger partial charge is 0.110 e. The van der Waals surface area contributed by atoms with Crippen LogP contribution in [0.4, 0.5) is 0 Å². The van der Waals surface area contributed by atoms with Gasteiger partial charge in [0.1, 0.15) is 6.04 Å². The predicted molar refractivity (Wildman–Crippen MR) is 54.9 cm³/mol. The molecule has 1 aliphatic heterocycles. The van der Waals surface area contributed by atoms with Crippen molar-refractivity contribution < 1.29 is 4.74 Å². The SMILES string of the molecule is COC(C)(C)CN1CCNCC1C#N. The lowest BCUT2D eigenvalue weighted by molar-refractivity contribution is -0.0161. The van der Waals surface area contributed by atoms with Gasteiger partial charge in [-0.2, -0.15) is 5.26 Å². The Kier molecular flexibility index (Phi) is 3.87. The number of nitriles is 1. The van der Waals surface area contributed by atoms with E-state index in [2.05, 4.69) is 16.3 Å². The van der Waals surface area contributed by atoms with E-state index in [-0.39, 0.29) is 11.6 Å². The highest BCUT2D eigenvalue weighted by Gasteiger charge is 2.28. The van der Waals surface area contributed by atoms with Crippen LogP contribution in [0, 0.1) is 11.3 Å². The fourth-order valence-electron chi connectivity index (χ4n) is 1.62. The molecule has 4 heteroatoms. The maximum atomic E-state index is 8.96. The Morgan fingerprint density at radius 3 is 2.93 bits per heavy atom. The van der Waals surface area contributed by atoms with Gasteiger partial charge in [0.2, 0.25) is 0 Å². The molecule has 1 rings (SSSR count). The Bertz CT molecular complexity index is 222. The molecule has 1 aliphatic rings. The summed E-state index contributed by atoms with van der Waals surface area (Å²) in [6, 6.07) is 2.29. The lowest BCUT2D eigenvalue weighted by Gasteiger charge is -2.37. The third-order valence-electron chi connectivity index (χ3n) is 2.64. The van der Waals surface area contributed by atoms with Crippen LogP contribution in [0.1, 0.15) is 13.8 Å². The molecular weight excluding hydrogens is 178 g/mol.